The van der Waals surface area contributed by atoms with Gasteiger partial charge in [-0.1, -0.05) is 92.8 Å². The molecule has 0 saturated heterocycles. The van der Waals surface area contributed by atoms with Crippen LogP contribution in [0.4, 0.5) is 0 Å². The first-order valence-corrected chi connectivity index (χ1v) is 20.7. The lowest BCUT2D eigenvalue weighted by Gasteiger charge is -2.12. The molecule has 8 bridgehead atoms. The number of hydrogen-bond acceptors (Lipinski definition) is 4. The van der Waals surface area contributed by atoms with Gasteiger partial charge in [0.2, 0.25) is 0 Å². The number of phenols is 4. The number of phenolic OH excluding ortho intramolecular Hbond substituents is 4. The summed E-state index contributed by atoms with van der Waals surface area (Å²) in [6.45, 7) is 0. The minimum Gasteiger partial charge on any atom is -0.505 e. The fourth-order valence-electron chi connectivity index (χ4n) is 7.41. The molecule has 4 aromatic carbocycles. The van der Waals surface area contributed by atoms with E-state index in [4.69, 9.17) is 92.8 Å². The molecule has 0 spiro atoms. The van der Waals surface area contributed by atoms with Crippen LogP contribution in [0.2, 0.25) is 40.2 Å². The van der Waals surface area contributed by atoms with E-state index in [0.717, 1.165) is 0 Å². The molecule has 0 atom stereocenters. The second kappa shape index (κ2) is 15.5. The molecule has 1 aliphatic rings. The number of halogens is 8. The van der Waals surface area contributed by atoms with Gasteiger partial charge in [-0.05, 0) is 119 Å². The van der Waals surface area contributed by atoms with Crippen LogP contribution in [0.1, 0.15) is 45.0 Å². The summed E-state index contributed by atoms with van der Waals surface area (Å²) in [6, 6.07) is 27.9. The molecule has 0 aliphatic carbocycles. The highest BCUT2D eigenvalue weighted by atomic mass is 35.5. The summed E-state index contributed by atoms with van der Waals surface area (Å²) in [5.74, 6) is -1.05. The van der Waals surface area contributed by atoms with Crippen LogP contribution in [0.5, 0.6) is 23.0 Å². The van der Waals surface area contributed by atoms with Gasteiger partial charge in [-0.2, -0.15) is 0 Å². The summed E-state index contributed by atoms with van der Waals surface area (Å²) < 4.78 is 0. The van der Waals surface area contributed by atoms with Crippen LogP contribution in [0.3, 0.4) is 0 Å². The summed E-state index contributed by atoms with van der Waals surface area (Å²) in [4.78, 5) is 14.3. The number of nitrogens with one attached hydrogen (secondary N) is 4. The van der Waals surface area contributed by atoms with E-state index in [9.17, 15) is 20.4 Å². The van der Waals surface area contributed by atoms with Crippen LogP contribution in [0.25, 0.3) is 22.3 Å². The van der Waals surface area contributed by atoms with Crippen molar-refractivity contribution in [3.05, 3.63) is 204 Å². The number of benzene rings is 4. The molecule has 0 amide bonds. The van der Waals surface area contributed by atoms with E-state index in [1.807, 2.05) is 48.5 Å². The molecule has 60 heavy (non-hydrogen) atoms. The Kier molecular flexibility index (Phi) is 10.4. The summed E-state index contributed by atoms with van der Waals surface area (Å²) in [6.07, 6.45) is 0. The third-order valence-corrected chi connectivity index (χ3v) is 12.4. The molecule has 8 nitrogen and oxygen atoms in total. The Balaban J connectivity index is 1.47. The largest absolute Gasteiger partial charge is 0.505 e. The van der Waals surface area contributed by atoms with Crippen molar-refractivity contribution in [1.82, 2.24) is 19.9 Å². The van der Waals surface area contributed by atoms with Gasteiger partial charge < -0.3 is 40.4 Å². The van der Waals surface area contributed by atoms with E-state index in [1.54, 1.807) is 48.5 Å². The summed E-state index contributed by atoms with van der Waals surface area (Å²) in [7, 11) is 0. The van der Waals surface area contributed by atoms with Gasteiger partial charge in [0.05, 0.1) is 40.2 Å². The summed E-state index contributed by atoms with van der Waals surface area (Å²) in [5, 5.41) is 45.0. The fraction of sp³-hybridized carbons (Fsp3) is 0. The lowest BCUT2D eigenvalue weighted by atomic mass is 10.0. The maximum atomic E-state index is 10.5. The van der Waals surface area contributed by atoms with Crippen molar-refractivity contribution in [2.75, 3.05) is 0 Å². The van der Waals surface area contributed by atoms with Gasteiger partial charge in [-0.15, -0.1) is 0 Å². The van der Waals surface area contributed by atoms with Crippen LogP contribution in [-0.2, 0) is 0 Å². The van der Waals surface area contributed by atoms with Gasteiger partial charge in [0.25, 0.3) is 0 Å². The van der Waals surface area contributed by atoms with Crippen molar-refractivity contribution in [2.24, 2.45) is 0 Å². The molecule has 300 valence electrons. The standard InChI is InChI=1S/C44H24Cl8N4O4/c45-21-9-17(10-22(46)41(21)57)37-29-1-2-30(53-29)38(18-11-23(47)42(58)24(48)12-18)32-5-6-34(55-32)40(20-15-27(51)44(60)28(52)16-20)36-8-7-35(56-36)39(33-4-3-31(37)54-33)19-13-25(49)43(59)26(50)14-19/h1-16,53-60H. The first-order valence-electron chi connectivity index (χ1n) is 17.7. The van der Waals surface area contributed by atoms with E-state index in [2.05, 4.69) is 19.9 Å². The topological polar surface area (TPSA) is 144 Å². The Hall–Kier alpha value is -5.00. The van der Waals surface area contributed by atoms with Crippen LogP contribution in [0, 0.1) is 0 Å². The second-order valence-corrected chi connectivity index (χ2v) is 17.1. The molecule has 0 radical (unpaired) electrons. The number of hydrogen-bond donors (Lipinski definition) is 8. The quantitative estimate of drug-likeness (QED) is 0.0889. The summed E-state index contributed by atoms with van der Waals surface area (Å²) in [5.41, 5.74) is 7.22. The monoisotopic (exact) mass is 952 g/mol. The zero-order valence-corrected chi connectivity index (χ0v) is 36.1. The number of aromatic nitrogens is 4. The molecule has 16 heteroatoms. The molecule has 9 rings (SSSR count). The second-order valence-electron chi connectivity index (χ2n) is 13.8. The highest BCUT2D eigenvalue weighted by molar-refractivity contribution is 6.39. The highest BCUT2D eigenvalue weighted by Crippen LogP contribution is 2.40. The third kappa shape index (κ3) is 7.01. The number of aromatic amines is 4. The van der Waals surface area contributed by atoms with Crippen molar-refractivity contribution >= 4 is 115 Å². The van der Waals surface area contributed by atoms with Crippen LogP contribution >= 0.6 is 92.8 Å². The number of rotatable bonds is 4. The van der Waals surface area contributed by atoms with E-state index in [-0.39, 0.29) is 63.2 Å². The Bertz CT molecular complexity index is 2850. The van der Waals surface area contributed by atoms with Gasteiger partial charge in [0.15, 0.2) is 23.0 Å². The van der Waals surface area contributed by atoms with Crippen molar-refractivity contribution in [2.45, 2.75) is 0 Å². The lowest BCUT2D eigenvalue weighted by molar-refractivity contribution is 0.475. The first kappa shape index (κ1) is 40.4. The van der Waals surface area contributed by atoms with Crippen molar-refractivity contribution in [3.63, 3.8) is 0 Å². The first-order chi connectivity index (χ1) is 28.7. The zero-order chi connectivity index (χ0) is 42.3. The smallest absolute Gasteiger partial charge is 0.152 e. The average Bonchev–Trinajstić information content (AvgIpc) is 4.05. The van der Waals surface area contributed by atoms with Crippen LogP contribution in [-0.4, -0.2) is 40.4 Å². The maximum Gasteiger partial charge on any atom is 0.152 e. The summed E-state index contributed by atoms with van der Waals surface area (Å²) >= 11 is 52.2. The molecule has 0 fully saturated rings. The van der Waals surface area contributed by atoms with E-state index >= 15 is 0 Å². The van der Waals surface area contributed by atoms with Crippen molar-refractivity contribution in [1.29, 1.82) is 0 Å². The number of H-pyrrole nitrogens is 4. The molecule has 1 aliphatic heterocycles. The maximum absolute atomic E-state index is 10.5. The van der Waals surface area contributed by atoms with Gasteiger partial charge in [-0.25, -0.2) is 0 Å². The van der Waals surface area contributed by atoms with Gasteiger partial charge in [-0.3, -0.25) is 0 Å². The molecule has 8 N–H and O–H groups in total. The Morgan fingerprint density at radius 3 is 0.633 bits per heavy atom. The third-order valence-electron chi connectivity index (χ3n) is 10.1. The predicted octanol–water partition coefficient (Wildman–Crippen LogP) is 10.4. The zero-order valence-electron chi connectivity index (χ0n) is 30.1. The normalized spacial score (nSPS) is 12.8. The van der Waals surface area contributed by atoms with E-state index < -0.39 is 0 Å². The molecule has 0 saturated carbocycles. The number of fused-ring (bicyclic) bond motifs is 8. The van der Waals surface area contributed by atoms with Gasteiger partial charge in [0, 0.05) is 66.5 Å². The van der Waals surface area contributed by atoms with E-state index in [0.29, 0.717) is 88.7 Å². The minimum absolute atomic E-state index is 0.0399. The molecule has 5 heterocycles. The highest BCUT2D eigenvalue weighted by Gasteiger charge is 2.22. The van der Waals surface area contributed by atoms with Crippen molar-refractivity contribution in [3.8, 4) is 23.0 Å². The van der Waals surface area contributed by atoms with Gasteiger partial charge in [0.1, 0.15) is 0 Å². The molecule has 0 unspecified atom stereocenters. The molecular formula is C44H24Cl8N4O4. The molecule has 8 aromatic rings. The van der Waals surface area contributed by atoms with Gasteiger partial charge >= 0.3 is 0 Å². The van der Waals surface area contributed by atoms with Crippen LogP contribution < -0.4 is 21.4 Å². The SMILES string of the molecule is Oc1c(Cl)cc(C2=c3ccc([nH]3)=C(c3cc(Cl)c(O)c(Cl)c3)c3ccc([nH]3)C(c3cc(Cl)c(O)c(Cl)c3)=c3ccc([nH]3)=C(c3cc(Cl)c(O)c(Cl)c3)c3ccc2[nH]3)cc1Cl. The number of aromatic hydroxyl groups is 4. The van der Waals surface area contributed by atoms with E-state index in [1.165, 1.54) is 0 Å². The Morgan fingerprint density at radius 1 is 0.267 bits per heavy atom. The lowest BCUT2D eigenvalue weighted by Crippen LogP contribution is -2.19. The average molecular weight is 956 g/mol. The minimum atomic E-state index is -0.262. The molecule has 4 aromatic heterocycles. The fourth-order valence-corrected chi connectivity index (χ4v) is 9.36. The Morgan fingerprint density at radius 2 is 0.450 bits per heavy atom. The Labute approximate surface area is 379 Å². The molecular weight excluding hydrogens is 932 g/mol. The van der Waals surface area contributed by atoms with Crippen LogP contribution in [0.15, 0.2) is 97.1 Å². The van der Waals surface area contributed by atoms with Crippen molar-refractivity contribution < 1.29 is 20.4 Å². The predicted molar refractivity (Wildman–Crippen MR) is 241 cm³/mol.